The molecule has 33 heavy (non-hydrogen) atoms. The van der Waals surface area contributed by atoms with Gasteiger partial charge < -0.3 is 15.8 Å². The van der Waals surface area contributed by atoms with Crippen LogP contribution in [0.4, 0.5) is 10.7 Å². The van der Waals surface area contributed by atoms with E-state index in [1.54, 1.807) is 0 Å². The summed E-state index contributed by atoms with van der Waals surface area (Å²) in [5.74, 6) is -0.559. The van der Waals surface area contributed by atoms with Crippen LogP contribution in [-0.2, 0) is 22.4 Å². The third-order valence-electron chi connectivity index (χ3n) is 5.75. The molecular formula is C26H28N2O3S2. The summed E-state index contributed by atoms with van der Waals surface area (Å²) in [7, 11) is 1.39. The number of nitrogens with one attached hydrogen (secondary N) is 1. The second-order valence-electron chi connectivity index (χ2n) is 8.08. The minimum Gasteiger partial charge on any atom is -0.465 e. The number of ether oxygens (including phenoxy) is 1. The Kier molecular flexibility index (Phi) is 7.73. The van der Waals surface area contributed by atoms with E-state index in [2.05, 4.69) is 5.32 Å². The number of aryl methyl sites for hydroxylation is 1. The number of hydrogen-bond acceptors (Lipinski definition) is 6. The molecule has 172 valence electrons. The van der Waals surface area contributed by atoms with Crippen LogP contribution in [0.2, 0.25) is 0 Å². The third kappa shape index (κ3) is 5.60. The van der Waals surface area contributed by atoms with Gasteiger partial charge in [-0.15, -0.1) is 23.1 Å². The van der Waals surface area contributed by atoms with Gasteiger partial charge in [0, 0.05) is 15.5 Å². The van der Waals surface area contributed by atoms with Gasteiger partial charge in [-0.2, -0.15) is 0 Å². The van der Waals surface area contributed by atoms with Gasteiger partial charge in [0.15, 0.2) is 0 Å². The van der Waals surface area contributed by atoms with Gasteiger partial charge in [0.1, 0.15) is 10.3 Å². The van der Waals surface area contributed by atoms with E-state index in [-0.39, 0.29) is 11.9 Å². The van der Waals surface area contributed by atoms with Gasteiger partial charge in [-0.3, -0.25) is 4.79 Å². The smallest absolute Gasteiger partial charge is 0.341 e. The number of carbonyl (C=O) groups is 2. The van der Waals surface area contributed by atoms with Gasteiger partial charge in [-0.1, -0.05) is 49.2 Å². The number of nitrogens with two attached hydrogens (primary N) is 1. The number of methoxy groups -OCH3 is 1. The molecule has 1 unspecified atom stereocenters. The number of benzene rings is 2. The third-order valence-corrected chi connectivity index (χ3v) is 8.21. The molecule has 1 atom stereocenters. The van der Waals surface area contributed by atoms with Crippen LogP contribution in [0.5, 0.6) is 0 Å². The van der Waals surface area contributed by atoms with E-state index in [0.717, 1.165) is 48.1 Å². The van der Waals surface area contributed by atoms with Crippen LogP contribution in [0.15, 0.2) is 59.5 Å². The summed E-state index contributed by atoms with van der Waals surface area (Å²) in [5.41, 5.74) is 9.06. The summed E-state index contributed by atoms with van der Waals surface area (Å²) in [6.07, 6.45) is 6.26. The zero-order chi connectivity index (χ0) is 23.2. The predicted molar refractivity (Wildman–Crippen MR) is 136 cm³/mol. The molecule has 0 bridgehead atoms. The van der Waals surface area contributed by atoms with Crippen molar-refractivity contribution in [3.63, 3.8) is 0 Å². The van der Waals surface area contributed by atoms with Crippen molar-refractivity contribution in [2.24, 2.45) is 0 Å². The van der Waals surface area contributed by atoms with E-state index in [9.17, 15) is 9.59 Å². The van der Waals surface area contributed by atoms with Crippen molar-refractivity contribution >= 4 is 45.7 Å². The maximum atomic E-state index is 13.6. The Labute approximate surface area is 202 Å². The number of fused-ring (bicyclic) bond motifs is 1. The molecule has 4 rings (SSSR count). The molecule has 2 aromatic carbocycles. The largest absolute Gasteiger partial charge is 0.465 e. The fourth-order valence-electron chi connectivity index (χ4n) is 4.13. The van der Waals surface area contributed by atoms with Crippen molar-refractivity contribution in [3.05, 3.63) is 76.2 Å². The van der Waals surface area contributed by atoms with Crippen molar-refractivity contribution < 1.29 is 14.3 Å². The second-order valence-corrected chi connectivity index (χ2v) is 10.4. The Bertz CT molecular complexity index is 1130. The molecule has 1 aromatic heterocycles. The molecule has 7 heteroatoms. The highest BCUT2D eigenvalue weighted by Gasteiger charge is 2.29. The molecule has 1 aliphatic rings. The van der Waals surface area contributed by atoms with Gasteiger partial charge in [-0.25, -0.2) is 4.79 Å². The number of rotatable bonds is 6. The number of amides is 1. The first-order chi connectivity index (χ1) is 16.1. The van der Waals surface area contributed by atoms with E-state index in [0.29, 0.717) is 16.3 Å². The van der Waals surface area contributed by atoms with Crippen LogP contribution >= 0.6 is 23.1 Å². The predicted octanol–water partition coefficient (Wildman–Crippen LogP) is 6.25. The molecule has 1 heterocycles. The number of nitrogen functional groups attached to an aromatic ring is 1. The highest BCUT2D eigenvalue weighted by atomic mass is 32.2. The van der Waals surface area contributed by atoms with E-state index < -0.39 is 5.25 Å². The van der Waals surface area contributed by atoms with Crippen LogP contribution in [0.3, 0.4) is 0 Å². The quantitative estimate of drug-likeness (QED) is 0.248. The number of thiophene rings is 1. The average molecular weight is 481 g/mol. The standard InChI is InChI=1S/C26H28N2O3S2/c1-31-26(30)22-20-14-7-2-3-8-15-21(20)33-25(22)28-24(29)23(17-10-5-4-6-11-17)32-19-13-9-12-18(27)16-19/h4-6,9-13,16,23H,2-3,7-8,14-15,27H2,1H3,(H,28,29). The molecule has 0 radical (unpaired) electrons. The molecule has 0 aliphatic heterocycles. The van der Waals surface area contributed by atoms with Gasteiger partial charge in [-0.05, 0) is 55.0 Å². The van der Waals surface area contributed by atoms with Crippen LogP contribution in [0.1, 0.15) is 57.3 Å². The first-order valence-electron chi connectivity index (χ1n) is 11.2. The topological polar surface area (TPSA) is 81.4 Å². The van der Waals surface area contributed by atoms with E-state index >= 15 is 0 Å². The summed E-state index contributed by atoms with van der Waals surface area (Å²) in [6, 6.07) is 17.2. The molecule has 0 spiro atoms. The molecule has 1 aliphatic carbocycles. The van der Waals surface area contributed by atoms with Crippen LogP contribution in [0, 0.1) is 0 Å². The number of carbonyl (C=O) groups excluding carboxylic acids is 2. The lowest BCUT2D eigenvalue weighted by Crippen LogP contribution is -2.20. The summed E-state index contributed by atoms with van der Waals surface area (Å²) in [4.78, 5) is 28.4. The zero-order valence-electron chi connectivity index (χ0n) is 18.6. The molecule has 3 aromatic rings. The van der Waals surface area contributed by atoms with Crippen LogP contribution in [-0.4, -0.2) is 19.0 Å². The highest BCUT2D eigenvalue weighted by Crippen LogP contribution is 2.41. The fraction of sp³-hybridized carbons (Fsp3) is 0.308. The first kappa shape index (κ1) is 23.4. The van der Waals surface area contributed by atoms with Crippen molar-refractivity contribution in [3.8, 4) is 0 Å². The number of anilines is 2. The Balaban J connectivity index is 1.67. The van der Waals surface area contributed by atoms with E-state index in [1.807, 2.05) is 54.6 Å². The molecule has 0 fully saturated rings. The maximum Gasteiger partial charge on any atom is 0.341 e. The highest BCUT2D eigenvalue weighted by molar-refractivity contribution is 8.00. The summed E-state index contributed by atoms with van der Waals surface area (Å²) >= 11 is 2.96. The lowest BCUT2D eigenvalue weighted by Gasteiger charge is -2.17. The molecule has 0 saturated carbocycles. The van der Waals surface area contributed by atoms with Crippen molar-refractivity contribution in [1.29, 1.82) is 0 Å². The van der Waals surface area contributed by atoms with Gasteiger partial charge >= 0.3 is 5.97 Å². The minimum absolute atomic E-state index is 0.173. The SMILES string of the molecule is COC(=O)c1c(NC(=O)C(Sc2cccc(N)c2)c2ccccc2)sc2c1CCCCCC2. The van der Waals surface area contributed by atoms with Crippen molar-refractivity contribution in [2.75, 3.05) is 18.2 Å². The van der Waals surface area contributed by atoms with E-state index in [4.69, 9.17) is 10.5 Å². The van der Waals surface area contributed by atoms with E-state index in [1.165, 1.54) is 41.5 Å². The Morgan fingerprint density at radius 1 is 1.03 bits per heavy atom. The maximum absolute atomic E-state index is 13.6. The normalized spacial score (nSPS) is 14.5. The molecule has 5 nitrogen and oxygen atoms in total. The zero-order valence-corrected chi connectivity index (χ0v) is 20.3. The van der Waals surface area contributed by atoms with Crippen molar-refractivity contribution in [1.82, 2.24) is 0 Å². The number of thioether (sulfide) groups is 1. The Morgan fingerprint density at radius 2 is 1.79 bits per heavy atom. The van der Waals surface area contributed by atoms with Crippen LogP contribution < -0.4 is 11.1 Å². The molecule has 3 N–H and O–H groups in total. The monoisotopic (exact) mass is 480 g/mol. The number of esters is 1. The van der Waals surface area contributed by atoms with Crippen LogP contribution in [0.25, 0.3) is 0 Å². The number of hydrogen-bond donors (Lipinski definition) is 2. The summed E-state index contributed by atoms with van der Waals surface area (Å²) in [5, 5.41) is 3.18. The molecule has 1 amide bonds. The summed E-state index contributed by atoms with van der Waals surface area (Å²) in [6.45, 7) is 0. The summed E-state index contributed by atoms with van der Waals surface area (Å²) < 4.78 is 5.11. The second kappa shape index (κ2) is 10.9. The lowest BCUT2D eigenvalue weighted by molar-refractivity contribution is -0.115. The van der Waals surface area contributed by atoms with Crippen molar-refractivity contribution in [2.45, 2.75) is 48.7 Å². The first-order valence-corrected chi connectivity index (χ1v) is 12.9. The Hall–Kier alpha value is -2.77. The van der Waals surface area contributed by atoms with Gasteiger partial charge in [0.25, 0.3) is 0 Å². The lowest BCUT2D eigenvalue weighted by atomic mass is 9.96. The Morgan fingerprint density at radius 3 is 2.52 bits per heavy atom. The fourth-order valence-corrected chi connectivity index (χ4v) is 6.50. The van der Waals surface area contributed by atoms with Gasteiger partial charge in [0.2, 0.25) is 5.91 Å². The molecular weight excluding hydrogens is 452 g/mol. The molecule has 0 saturated heterocycles. The average Bonchev–Trinajstić information content (AvgIpc) is 3.13. The van der Waals surface area contributed by atoms with Gasteiger partial charge in [0.05, 0.1) is 12.7 Å². The minimum atomic E-state index is -0.497.